The van der Waals surface area contributed by atoms with E-state index in [0.717, 1.165) is 16.5 Å². The highest BCUT2D eigenvalue weighted by atomic mass is 16.2. The van der Waals surface area contributed by atoms with Crippen LogP contribution in [0.1, 0.15) is 5.56 Å². The number of amides is 1. The van der Waals surface area contributed by atoms with Gasteiger partial charge in [0.15, 0.2) is 0 Å². The molecule has 1 heterocycles. The van der Waals surface area contributed by atoms with Crippen LogP contribution in [-0.2, 0) is 0 Å². The van der Waals surface area contributed by atoms with Gasteiger partial charge >= 0.3 is 6.03 Å². The van der Waals surface area contributed by atoms with E-state index in [9.17, 15) is 4.79 Å². The molecular formula is C10H10N2O. The summed E-state index contributed by atoms with van der Waals surface area (Å²) in [6.07, 6.45) is 1.69. The zero-order valence-corrected chi connectivity index (χ0v) is 7.32. The highest BCUT2D eigenvalue weighted by Gasteiger charge is 2.05. The van der Waals surface area contributed by atoms with Gasteiger partial charge in [-0.15, -0.1) is 0 Å². The van der Waals surface area contributed by atoms with Crippen LogP contribution in [0.3, 0.4) is 0 Å². The maximum atomic E-state index is 11.0. The number of benzene rings is 1. The fourth-order valence-electron chi connectivity index (χ4n) is 1.51. The van der Waals surface area contributed by atoms with Gasteiger partial charge in [-0.3, -0.25) is 4.57 Å². The molecule has 0 fully saturated rings. The molecule has 0 bridgehead atoms. The molecule has 0 atom stereocenters. The molecular weight excluding hydrogens is 164 g/mol. The zero-order valence-electron chi connectivity index (χ0n) is 7.32. The van der Waals surface area contributed by atoms with Gasteiger partial charge < -0.3 is 5.73 Å². The summed E-state index contributed by atoms with van der Waals surface area (Å²) in [5.74, 6) is 0. The van der Waals surface area contributed by atoms with Crippen molar-refractivity contribution in [1.82, 2.24) is 4.57 Å². The van der Waals surface area contributed by atoms with Crippen LogP contribution in [0.2, 0.25) is 0 Å². The minimum Gasteiger partial charge on any atom is -0.351 e. The van der Waals surface area contributed by atoms with Gasteiger partial charge in [-0.2, -0.15) is 0 Å². The van der Waals surface area contributed by atoms with Crippen LogP contribution in [-0.4, -0.2) is 10.6 Å². The first-order valence-corrected chi connectivity index (χ1v) is 4.06. The first kappa shape index (κ1) is 7.86. The number of rotatable bonds is 0. The van der Waals surface area contributed by atoms with E-state index in [1.807, 2.05) is 31.2 Å². The second kappa shape index (κ2) is 2.62. The largest absolute Gasteiger partial charge is 0.351 e. The number of carbonyl (C=O) groups excluding carboxylic acids is 1. The molecule has 0 aliphatic rings. The molecule has 1 aromatic heterocycles. The van der Waals surface area contributed by atoms with E-state index >= 15 is 0 Å². The van der Waals surface area contributed by atoms with E-state index in [2.05, 4.69) is 0 Å². The number of carbonyl (C=O) groups is 1. The zero-order chi connectivity index (χ0) is 9.42. The third-order valence-corrected chi connectivity index (χ3v) is 2.19. The van der Waals surface area contributed by atoms with Crippen LogP contribution in [0.4, 0.5) is 4.79 Å². The minimum absolute atomic E-state index is 0.444. The SMILES string of the molecule is Cc1cccc2c1ccn2C(N)=O. The van der Waals surface area contributed by atoms with Crippen molar-refractivity contribution in [3.8, 4) is 0 Å². The molecule has 0 saturated heterocycles. The van der Waals surface area contributed by atoms with E-state index < -0.39 is 6.03 Å². The first-order valence-electron chi connectivity index (χ1n) is 4.06. The molecule has 3 nitrogen and oxygen atoms in total. The molecule has 0 aliphatic carbocycles. The molecule has 1 aromatic carbocycles. The van der Waals surface area contributed by atoms with Crippen molar-refractivity contribution in [2.24, 2.45) is 5.73 Å². The van der Waals surface area contributed by atoms with Gasteiger partial charge in [-0.25, -0.2) is 4.79 Å². The predicted molar refractivity (Wildman–Crippen MR) is 51.7 cm³/mol. The molecule has 2 aromatic rings. The van der Waals surface area contributed by atoms with Crippen LogP contribution in [0.5, 0.6) is 0 Å². The molecule has 0 spiro atoms. The summed E-state index contributed by atoms with van der Waals surface area (Å²) >= 11 is 0. The summed E-state index contributed by atoms with van der Waals surface area (Å²) in [7, 11) is 0. The third-order valence-electron chi connectivity index (χ3n) is 2.19. The van der Waals surface area contributed by atoms with Crippen molar-refractivity contribution >= 4 is 16.9 Å². The van der Waals surface area contributed by atoms with Crippen molar-refractivity contribution in [3.63, 3.8) is 0 Å². The van der Waals surface area contributed by atoms with Gasteiger partial charge in [0, 0.05) is 11.6 Å². The quantitative estimate of drug-likeness (QED) is 0.651. The van der Waals surface area contributed by atoms with Gasteiger partial charge in [0.2, 0.25) is 0 Å². The molecule has 66 valence electrons. The summed E-state index contributed by atoms with van der Waals surface area (Å²) in [6.45, 7) is 2.01. The van der Waals surface area contributed by atoms with Crippen molar-refractivity contribution in [2.75, 3.05) is 0 Å². The minimum atomic E-state index is -0.444. The smallest absolute Gasteiger partial charge is 0.323 e. The summed E-state index contributed by atoms with van der Waals surface area (Å²) < 4.78 is 1.45. The number of aryl methyl sites for hydroxylation is 1. The van der Waals surface area contributed by atoms with E-state index in [1.54, 1.807) is 6.20 Å². The highest BCUT2D eigenvalue weighted by molar-refractivity contribution is 5.92. The molecule has 0 radical (unpaired) electrons. The standard InChI is InChI=1S/C10H10N2O/c1-7-3-2-4-9-8(7)5-6-12(9)10(11)13/h2-6H,1H3,(H2,11,13). The lowest BCUT2D eigenvalue weighted by Crippen LogP contribution is -2.17. The first-order chi connectivity index (χ1) is 6.20. The maximum absolute atomic E-state index is 11.0. The highest BCUT2D eigenvalue weighted by Crippen LogP contribution is 2.18. The van der Waals surface area contributed by atoms with Gasteiger partial charge in [0.05, 0.1) is 5.52 Å². The molecule has 2 rings (SSSR count). The van der Waals surface area contributed by atoms with Crippen LogP contribution < -0.4 is 5.73 Å². The average molecular weight is 174 g/mol. The van der Waals surface area contributed by atoms with Crippen molar-refractivity contribution in [3.05, 3.63) is 36.0 Å². The third kappa shape index (κ3) is 1.09. The summed E-state index contributed by atoms with van der Waals surface area (Å²) in [5.41, 5.74) is 7.22. The molecule has 13 heavy (non-hydrogen) atoms. The summed E-state index contributed by atoms with van der Waals surface area (Å²) in [5, 5.41) is 1.07. The van der Waals surface area contributed by atoms with Crippen molar-refractivity contribution in [2.45, 2.75) is 6.92 Å². The number of nitrogens with zero attached hydrogens (tertiary/aromatic N) is 1. The van der Waals surface area contributed by atoms with Crippen molar-refractivity contribution < 1.29 is 4.79 Å². The number of nitrogens with two attached hydrogens (primary N) is 1. The van der Waals surface area contributed by atoms with Crippen molar-refractivity contribution in [1.29, 1.82) is 0 Å². The second-order valence-corrected chi connectivity index (χ2v) is 3.03. The Morgan fingerprint density at radius 1 is 1.38 bits per heavy atom. The molecule has 0 unspecified atom stereocenters. The predicted octanol–water partition coefficient (Wildman–Crippen LogP) is 1.88. The second-order valence-electron chi connectivity index (χ2n) is 3.03. The lowest BCUT2D eigenvalue weighted by Gasteiger charge is -1.99. The normalized spacial score (nSPS) is 10.5. The Morgan fingerprint density at radius 2 is 2.15 bits per heavy atom. The maximum Gasteiger partial charge on any atom is 0.323 e. The number of hydrogen-bond donors (Lipinski definition) is 1. The number of fused-ring (bicyclic) bond motifs is 1. The monoisotopic (exact) mass is 174 g/mol. The Morgan fingerprint density at radius 3 is 2.85 bits per heavy atom. The Balaban J connectivity index is 2.83. The van der Waals surface area contributed by atoms with Crippen LogP contribution >= 0.6 is 0 Å². The Hall–Kier alpha value is -1.77. The average Bonchev–Trinajstić information content (AvgIpc) is 2.48. The number of hydrogen-bond acceptors (Lipinski definition) is 1. The van der Waals surface area contributed by atoms with E-state index in [4.69, 9.17) is 5.73 Å². The molecule has 0 aliphatic heterocycles. The fourth-order valence-corrected chi connectivity index (χ4v) is 1.51. The van der Waals surface area contributed by atoms with Gasteiger partial charge in [0.1, 0.15) is 0 Å². The van der Waals surface area contributed by atoms with Gasteiger partial charge in [-0.1, -0.05) is 12.1 Å². The summed E-state index contributed by atoms with van der Waals surface area (Å²) in [6, 6.07) is 7.26. The number of primary amides is 1. The van der Waals surface area contributed by atoms with Crippen LogP contribution in [0, 0.1) is 6.92 Å². The van der Waals surface area contributed by atoms with E-state index in [1.165, 1.54) is 4.57 Å². The Bertz CT molecular complexity index is 471. The van der Waals surface area contributed by atoms with E-state index in [0.29, 0.717) is 0 Å². The molecule has 3 heteroatoms. The van der Waals surface area contributed by atoms with Crippen LogP contribution in [0.25, 0.3) is 10.9 Å². The van der Waals surface area contributed by atoms with Gasteiger partial charge in [0.25, 0.3) is 0 Å². The molecule has 0 saturated carbocycles. The van der Waals surface area contributed by atoms with Gasteiger partial charge in [-0.05, 0) is 24.6 Å². The Labute approximate surface area is 75.8 Å². The molecule has 2 N–H and O–H groups in total. The lowest BCUT2D eigenvalue weighted by atomic mass is 10.1. The number of aromatic nitrogens is 1. The topological polar surface area (TPSA) is 48.0 Å². The Kier molecular flexibility index (Phi) is 1.59. The lowest BCUT2D eigenvalue weighted by molar-refractivity contribution is 0.251. The van der Waals surface area contributed by atoms with Crippen LogP contribution in [0.15, 0.2) is 30.5 Å². The summed E-state index contributed by atoms with van der Waals surface area (Å²) in [4.78, 5) is 11.0. The van der Waals surface area contributed by atoms with E-state index in [-0.39, 0.29) is 0 Å². The molecule has 1 amide bonds. The fraction of sp³-hybridized carbons (Fsp3) is 0.100.